The van der Waals surface area contributed by atoms with E-state index < -0.39 is 0 Å². The fourth-order valence-corrected chi connectivity index (χ4v) is 2.27. The number of fused-ring (bicyclic) bond motifs is 1. The monoisotopic (exact) mass is 285 g/mol. The minimum absolute atomic E-state index is 0.205. The van der Waals surface area contributed by atoms with Gasteiger partial charge in [-0.05, 0) is 37.3 Å². The summed E-state index contributed by atoms with van der Waals surface area (Å²) in [6, 6.07) is 10.6. The Labute approximate surface area is 121 Å². The van der Waals surface area contributed by atoms with Crippen LogP contribution in [0.15, 0.2) is 48.8 Å². The van der Waals surface area contributed by atoms with Gasteiger partial charge in [-0.1, -0.05) is 17.7 Å². The molecule has 3 aromatic rings. The maximum atomic E-state index is 12.3. The first-order valence-electron chi connectivity index (χ1n) is 6.15. The molecule has 1 amide bonds. The van der Waals surface area contributed by atoms with Gasteiger partial charge < -0.3 is 9.72 Å². The second kappa shape index (κ2) is 4.98. The van der Waals surface area contributed by atoms with Gasteiger partial charge in [0, 0.05) is 23.1 Å². The first-order chi connectivity index (χ1) is 9.63. The van der Waals surface area contributed by atoms with Gasteiger partial charge in [0.1, 0.15) is 5.65 Å². The molecule has 0 fully saturated rings. The highest BCUT2D eigenvalue weighted by Gasteiger charge is 2.12. The van der Waals surface area contributed by atoms with Crippen molar-refractivity contribution in [2.45, 2.75) is 6.92 Å². The van der Waals surface area contributed by atoms with Crippen LogP contribution in [0.2, 0.25) is 5.02 Å². The number of hydrogen-bond acceptors (Lipinski definition) is 2. The molecule has 0 aliphatic heterocycles. The molecule has 2 heterocycles. The molecule has 0 aliphatic rings. The third-order valence-electron chi connectivity index (χ3n) is 2.93. The van der Waals surface area contributed by atoms with Gasteiger partial charge in [0.25, 0.3) is 5.91 Å². The van der Waals surface area contributed by atoms with Crippen LogP contribution >= 0.6 is 11.6 Å². The van der Waals surface area contributed by atoms with Crippen LogP contribution in [0.4, 0.5) is 5.69 Å². The van der Waals surface area contributed by atoms with Crippen molar-refractivity contribution in [2.24, 2.45) is 0 Å². The predicted molar refractivity (Wildman–Crippen MR) is 79.3 cm³/mol. The van der Waals surface area contributed by atoms with Gasteiger partial charge in [-0.25, -0.2) is 4.98 Å². The number of aryl methyl sites for hydroxylation is 1. The Morgan fingerprint density at radius 3 is 2.95 bits per heavy atom. The van der Waals surface area contributed by atoms with Crippen LogP contribution in [0.5, 0.6) is 0 Å². The standard InChI is InChI=1S/C15H12ClN3O/c1-10-9-19-7-3-6-13(14(19)17-10)15(20)18-12-5-2-4-11(16)8-12/h2-9H,1H3,(H,18,20). The molecule has 5 heteroatoms. The van der Waals surface area contributed by atoms with Gasteiger partial charge in [-0.2, -0.15) is 0 Å². The Morgan fingerprint density at radius 2 is 2.15 bits per heavy atom. The van der Waals surface area contributed by atoms with E-state index in [2.05, 4.69) is 10.3 Å². The molecule has 100 valence electrons. The van der Waals surface area contributed by atoms with Crippen molar-refractivity contribution in [3.63, 3.8) is 0 Å². The third kappa shape index (κ3) is 2.38. The zero-order chi connectivity index (χ0) is 14.1. The molecule has 1 aromatic carbocycles. The quantitative estimate of drug-likeness (QED) is 0.783. The van der Waals surface area contributed by atoms with E-state index in [1.54, 1.807) is 30.3 Å². The number of benzene rings is 1. The van der Waals surface area contributed by atoms with Crippen molar-refractivity contribution in [3.05, 3.63) is 65.1 Å². The topological polar surface area (TPSA) is 46.4 Å². The SMILES string of the molecule is Cc1cn2cccc(C(=O)Nc3cccc(Cl)c3)c2n1. The number of nitrogens with one attached hydrogen (secondary N) is 1. The molecule has 0 aliphatic carbocycles. The van der Waals surface area contributed by atoms with Crippen LogP contribution in [0.3, 0.4) is 0 Å². The summed E-state index contributed by atoms with van der Waals surface area (Å²) < 4.78 is 1.84. The number of anilines is 1. The van der Waals surface area contributed by atoms with Crippen LogP contribution in [0.25, 0.3) is 5.65 Å². The molecule has 0 saturated heterocycles. The van der Waals surface area contributed by atoms with Gasteiger partial charge in [0.05, 0.1) is 11.3 Å². The zero-order valence-corrected chi connectivity index (χ0v) is 11.6. The van der Waals surface area contributed by atoms with Crippen molar-refractivity contribution >= 4 is 28.8 Å². The van der Waals surface area contributed by atoms with E-state index in [0.29, 0.717) is 21.9 Å². The molecule has 0 unspecified atom stereocenters. The van der Waals surface area contributed by atoms with E-state index >= 15 is 0 Å². The van der Waals surface area contributed by atoms with Crippen molar-refractivity contribution < 1.29 is 4.79 Å². The Morgan fingerprint density at radius 1 is 1.30 bits per heavy atom. The van der Waals surface area contributed by atoms with E-state index in [9.17, 15) is 4.79 Å². The maximum Gasteiger partial charge on any atom is 0.259 e. The lowest BCUT2D eigenvalue weighted by molar-refractivity contribution is 0.102. The lowest BCUT2D eigenvalue weighted by Gasteiger charge is -2.06. The molecular formula is C15H12ClN3O. The summed E-state index contributed by atoms with van der Waals surface area (Å²) in [4.78, 5) is 16.7. The summed E-state index contributed by atoms with van der Waals surface area (Å²) in [6.07, 6.45) is 3.75. The molecule has 0 bridgehead atoms. The molecule has 20 heavy (non-hydrogen) atoms. The summed E-state index contributed by atoms with van der Waals surface area (Å²) in [5.74, 6) is -0.205. The molecule has 0 radical (unpaired) electrons. The van der Waals surface area contributed by atoms with E-state index in [0.717, 1.165) is 5.69 Å². The summed E-state index contributed by atoms with van der Waals surface area (Å²) in [5, 5.41) is 3.40. The van der Waals surface area contributed by atoms with Gasteiger partial charge >= 0.3 is 0 Å². The number of imidazole rings is 1. The lowest BCUT2D eigenvalue weighted by atomic mass is 10.2. The Bertz CT molecular complexity index is 795. The fraction of sp³-hybridized carbons (Fsp3) is 0.0667. The number of pyridine rings is 1. The van der Waals surface area contributed by atoms with Crippen molar-refractivity contribution in [3.8, 4) is 0 Å². The van der Waals surface area contributed by atoms with E-state index in [4.69, 9.17) is 11.6 Å². The van der Waals surface area contributed by atoms with Crippen LogP contribution in [0.1, 0.15) is 16.1 Å². The number of aromatic nitrogens is 2. The van der Waals surface area contributed by atoms with Crippen LogP contribution in [0, 0.1) is 6.92 Å². The number of rotatable bonds is 2. The number of carbonyl (C=O) groups excluding carboxylic acids is 1. The minimum atomic E-state index is -0.205. The molecule has 4 nitrogen and oxygen atoms in total. The van der Waals surface area contributed by atoms with Crippen molar-refractivity contribution in [1.29, 1.82) is 0 Å². The van der Waals surface area contributed by atoms with Gasteiger partial charge in [0.15, 0.2) is 0 Å². The summed E-state index contributed by atoms with van der Waals surface area (Å²) in [5.41, 5.74) is 2.70. The summed E-state index contributed by atoms with van der Waals surface area (Å²) in [6.45, 7) is 1.89. The second-order valence-corrected chi connectivity index (χ2v) is 4.94. The highest BCUT2D eigenvalue weighted by Crippen LogP contribution is 2.17. The number of halogens is 1. The first-order valence-corrected chi connectivity index (χ1v) is 6.52. The first kappa shape index (κ1) is 12.7. The molecule has 0 spiro atoms. The smallest absolute Gasteiger partial charge is 0.259 e. The average Bonchev–Trinajstić information content (AvgIpc) is 2.78. The zero-order valence-electron chi connectivity index (χ0n) is 10.8. The Hall–Kier alpha value is -2.33. The van der Waals surface area contributed by atoms with E-state index in [1.165, 1.54) is 0 Å². The maximum absolute atomic E-state index is 12.3. The molecular weight excluding hydrogens is 274 g/mol. The highest BCUT2D eigenvalue weighted by molar-refractivity contribution is 6.31. The van der Waals surface area contributed by atoms with Crippen LogP contribution in [-0.2, 0) is 0 Å². The third-order valence-corrected chi connectivity index (χ3v) is 3.17. The average molecular weight is 286 g/mol. The summed E-state index contributed by atoms with van der Waals surface area (Å²) in [7, 11) is 0. The van der Waals surface area contributed by atoms with Crippen LogP contribution < -0.4 is 5.32 Å². The van der Waals surface area contributed by atoms with Gasteiger partial charge in [0.2, 0.25) is 0 Å². The number of amides is 1. The van der Waals surface area contributed by atoms with Crippen LogP contribution in [-0.4, -0.2) is 15.3 Å². The molecule has 3 rings (SSSR count). The largest absolute Gasteiger partial charge is 0.322 e. The molecule has 1 N–H and O–H groups in total. The van der Waals surface area contributed by atoms with Gasteiger partial charge in [-0.15, -0.1) is 0 Å². The predicted octanol–water partition coefficient (Wildman–Crippen LogP) is 3.55. The summed E-state index contributed by atoms with van der Waals surface area (Å²) >= 11 is 5.90. The number of hydrogen-bond donors (Lipinski definition) is 1. The molecule has 2 aromatic heterocycles. The lowest BCUT2D eigenvalue weighted by Crippen LogP contribution is -2.13. The van der Waals surface area contributed by atoms with E-state index in [1.807, 2.05) is 29.8 Å². The van der Waals surface area contributed by atoms with Gasteiger partial charge in [-0.3, -0.25) is 4.79 Å². The minimum Gasteiger partial charge on any atom is -0.322 e. The van der Waals surface area contributed by atoms with E-state index in [-0.39, 0.29) is 5.91 Å². The fourth-order valence-electron chi connectivity index (χ4n) is 2.08. The Kier molecular flexibility index (Phi) is 3.16. The number of nitrogens with zero attached hydrogens (tertiary/aromatic N) is 2. The van der Waals surface area contributed by atoms with Crippen molar-refractivity contribution in [2.75, 3.05) is 5.32 Å². The Balaban J connectivity index is 1.96. The second-order valence-electron chi connectivity index (χ2n) is 4.50. The normalized spacial score (nSPS) is 10.7. The molecule has 0 saturated carbocycles. The molecule has 0 atom stereocenters. The number of carbonyl (C=O) groups is 1. The van der Waals surface area contributed by atoms with Crippen molar-refractivity contribution in [1.82, 2.24) is 9.38 Å². The highest BCUT2D eigenvalue weighted by atomic mass is 35.5.